The highest BCUT2D eigenvalue weighted by atomic mass is 16.5. The second kappa shape index (κ2) is 9.43. The van der Waals surface area contributed by atoms with Gasteiger partial charge in [0.05, 0.1) is 6.54 Å². The molecule has 2 saturated carbocycles. The van der Waals surface area contributed by atoms with Crippen molar-refractivity contribution in [3.63, 3.8) is 0 Å². The van der Waals surface area contributed by atoms with Crippen LogP contribution in [0.25, 0.3) is 0 Å². The van der Waals surface area contributed by atoms with E-state index in [0.29, 0.717) is 18.4 Å². The zero-order chi connectivity index (χ0) is 24.9. The first-order chi connectivity index (χ1) is 17.4. The summed E-state index contributed by atoms with van der Waals surface area (Å²) in [5.74, 6) is -0.734. The number of anilines is 1. The number of likely N-dealkylation sites (tertiary alicyclic amines) is 1. The summed E-state index contributed by atoms with van der Waals surface area (Å²) in [7, 11) is 0. The summed E-state index contributed by atoms with van der Waals surface area (Å²) < 4.78 is 5.45. The molecule has 3 saturated heterocycles. The molecule has 6 rings (SSSR count). The van der Waals surface area contributed by atoms with Crippen LogP contribution >= 0.6 is 0 Å². The minimum Gasteiger partial charge on any atom is -0.388 e. The Morgan fingerprint density at radius 3 is 2.36 bits per heavy atom. The fourth-order valence-electron chi connectivity index (χ4n) is 6.56. The number of ketones is 1. The lowest BCUT2D eigenvalue weighted by Crippen LogP contribution is -2.62. The van der Waals surface area contributed by atoms with Crippen LogP contribution < -0.4 is 10.2 Å². The first-order valence-corrected chi connectivity index (χ1v) is 13.5. The fourth-order valence-corrected chi connectivity index (χ4v) is 6.56. The molecule has 9 heteroatoms. The number of ether oxygens (including phenoxy) is 1. The monoisotopic (exact) mass is 496 g/mol. The molecule has 9 nitrogen and oxygen atoms in total. The summed E-state index contributed by atoms with van der Waals surface area (Å²) in [5, 5.41) is 13.5. The molecule has 0 aromatic heterocycles. The second-order valence-electron chi connectivity index (χ2n) is 11.1. The highest BCUT2D eigenvalue weighted by Gasteiger charge is 2.55. The average Bonchev–Trinajstić information content (AvgIpc) is 3.61. The van der Waals surface area contributed by atoms with Crippen molar-refractivity contribution in [3.05, 3.63) is 29.8 Å². The predicted molar refractivity (Wildman–Crippen MR) is 133 cm³/mol. The number of fused-ring (bicyclic) bond motifs is 1. The van der Waals surface area contributed by atoms with Gasteiger partial charge in [0, 0.05) is 43.5 Å². The average molecular weight is 497 g/mol. The zero-order valence-corrected chi connectivity index (χ0v) is 20.7. The maximum absolute atomic E-state index is 13.8. The Balaban J connectivity index is 1.15. The summed E-state index contributed by atoms with van der Waals surface area (Å²) in [6.45, 7) is 4.12. The van der Waals surface area contributed by atoms with Crippen LogP contribution in [0.1, 0.15) is 55.3 Å². The Labute approximate surface area is 211 Å². The standard InChI is InChI=1S/C27H36N4O5/c32-21-16-31(23-22(33)17-36-24(21)23)26(35)27(10-2-1-3-11-27)28-25(34)18-4-6-19(7-5-18)29-12-14-30(15-13-29)20-8-9-20/h4-7,20-21,23-24,32H,1-3,8-17H2,(H,28,34)/t21-,23-,24-/m1/s1. The second-order valence-corrected chi connectivity index (χ2v) is 11.1. The van der Waals surface area contributed by atoms with E-state index in [0.717, 1.165) is 57.2 Å². The quantitative estimate of drug-likeness (QED) is 0.626. The van der Waals surface area contributed by atoms with Crippen LogP contribution in [0.2, 0.25) is 0 Å². The van der Waals surface area contributed by atoms with Gasteiger partial charge in [-0.15, -0.1) is 0 Å². The molecule has 0 radical (unpaired) electrons. The number of carbonyl (C=O) groups is 3. The number of β-amino-alcohol motifs (C(OH)–C–C–N with tert-alkyl or cyclic N) is 1. The van der Waals surface area contributed by atoms with E-state index in [1.54, 1.807) is 0 Å². The van der Waals surface area contributed by atoms with E-state index in [1.165, 1.54) is 17.7 Å². The van der Waals surface area contributed by atoms with Crippen molar-refractivity contribution in [2.75, 3.05) is 44.2 Å². The van der Waals surface area contributed by atoms with Crippen molar-refractivity contribution < 1.29 is 24.2 Å². The molecule has 0 spiro atoms. The highest BCUT2D eigenvalue weighted by molar-refractivity contribution is 6.01. The van der Waals surface area contributed by atoms with Crippen molar-refractivity contribution in [1.29, 1.82) is 0 Å². The van der Waals surface area contributed by atoms with Crippen LogP contribution in [0.4, 0.5) is 5.69 Å². The molecule has 3 atom stereocenters. The fraction of sp³-hybridized carbons (Fsp3) is 0.667. The Bertz CT molecular complexity index is 1010. The molecule has 3 heterocycles. The van der Waals surface area contributed by atoms with E-state index < -0.39 is 23.8 Å². The van der Waals surface area contributed by atoms with Gasteiger partial charge in [0.2, 0.25) is 5.91 Å². The van der Waals surface area contributed by atoms with Gasteiger partial charge in [0.1, 0.15) is 30.4 Å². The molecule has 0 bridgehead atoms. The van der Waals surface area contributed by atoms with Crippen LogP contribution in [0.15, 0.2) is 24.3 Å². The number of hydrogen-bond acceptors (Lipinski definition) is 7. The molecule has 5 aliphatic rings. The Morgan fingerprint density at radius 1 is 1.00 bits per heavy atom. The third kappa shape index (κ3) is 4.31. The number of aliphatic hydroxyl groups excluding tert-OH is 1. The van der Waals surface area contributed by atoms with E-state index in [2.05, 4.69) is 15.1 Å². The first-order valence-electron chi connectivity index (χ1n) is 13.5. The maximum atomic E-state index is 13.8. The molecule has 2 amide bonds. The van der Waals surface area contributed by atoms with Gasteiger partial charge in [-0.2, -0.15) is 0 Å². The molecule has 1 aromatic rings. The normalized spacial score (nSPS) is 30.4. The smallest absolute Gasteiger partial charge is 0.252 e. The molecule has 5 fully saturated rings. The lowest BCUT2D eigenvalue weighted by atomic mass is 9.80. The zero-order valence-electron chi connectivity index (χ0n) is 20.7. The summed E-state index contributed by atoms with van der Waals surface area (Å²) in [4.78, 5) is 46.0. The summed E-state index contributed by atoms with van der Waals surface area (Å²) in [5.41, 5.74) is 0.569. The third-order valence-corrected chi connectivity index (χ3v) is 8.76. The van der Waals surface area contributed by atoms with Crippen LogP contribution in [0, 0.1) is 0 Å². The lowest BCUT2D eigenvalue weighted by Gasteiger charge is -2.40. The number of nitrogens with one attached hydrogen (secondary N) is 1. The molecular formula is C27H36N4O5. The molecule has 36 heavy (non-hydrogen) atoms. The maximum Gasteiger partial charge on any atom is 0.252 e. The topological polar surface area (TPSA) is 102 Å². The molecule has 2 aliphatic carbocycles. The molecule has 0 unspecified atom stereocenters. The van der Waals surface area contributed by atoms with Gasteiger partial charge < -0.3 is 25.0 Å². The van der Waals surface area contributed by atoms with Crippen molar-refractivity contribution in [3.8, 4) is 0 Å². The lowest BCUT2D eigenvalue weighted by molar-refractivity contribution is -0.143. The Hall–Kier alpha value is -2.49. The predicted octanol–water partition coefficient (Wildman–Crippen LogP) is 0.943. The van der Waals surface area contributed by atoms with Crippen molar-refractivity contribution in [2.45, 2.75) is 74.8 Å². The van der Waals surface area contributed by atoms with Gasteiger partial charge in [-0.05, 0) is 49.9 Å². The minimum atomic E-state index is -1.06. The molecule has 2 N–H and O–H groups in total. The van der Waals surface area contributed by atoms with Gasteiger partial charge in [0.25, 0.3) is 5.91 Å². The van der Waals surface area contributed by atoms with Crippen LogP contribution in [0.3, 0.4) is 0 Å². The number of amides is 2. The molecule has 194 valence electrons. The van der Waals surface area contributed by atoms with Crippen molar-refractivity contribution in [1.82, 2.24) is 15.1 Å². The van der Waals surface area contributed by atoms with Crippen LogP contribution in [-0.4, -0.2) is 102 Å². The summed E-state index contributed by atoms with van der Waals surface area (Å²) >= 11 is 0. The van der Waals surface area contributed by atoms with Crippen LogP contribution in [-0.2, 0) is 14.3 Å². The van der Waals surface area contributed by atoms with Gasteiger partial charge in [-0.1, -0.05) is 19.3 Å². The number of benzene rings is 1. The van der Waals surface area contributed by atoms with E-state index in [4.69, 9.17) is 4.74 Å². The first kappa shape index (κ1) is 23.9. The third-order valence-electron chi connectivity index (χ3n) is 8.76. The Kier molecular flexibility index (Phi) is 6.25. The molecule has 3 aliphatic heterocycles. The number of aliphatic hydroxyl groups is 1. The number of hydrogen-bond donors (Lipinski definition) is 2. The summed E-state index contributed by atoms with van der Waals surface area (Å²) in [6.07, 6.45) is 4.82. The largest absolute Gasteiger partial charge is 0.388 e. The Morgan fingerprint density at radius 2 is 1.69 bits per heavy atom. The minimum absolute atomic E-state index is 0.0558. The highest BCUT2D eigenvalue weighted by Crippen LogP contribution is 2.35. The van der Waals surface area contributed by atoms with Crippen LogP contribution in [0.5, 0.6) is 0 Å². The molecular weight excluding hydrogens is 460 g/mol. The number of carbonyl (C=O) groups excluding carboxylic acids is 3. The van der Waals surface area contributed by atoms with E-state index in [1.807, 2.05) is 24.3 Å². The van der Waals surface area contributed by atoms with E-state index in [9.17, 15) is 19.5 Å². The number of Topliss-reactive ketones (excluding diaryl/α,β-unsaturated/α-hetero) is 1. The van der Waals surface area contributed by atoms with Gasteiger partial charge in [-0.3, -0.25) is 19.3 Å². The van der Waals surface area contributed by atoms with Crippen molar-refractivity contribution >= 4 is 23.3 Å². The van der Waals surface area contributed by atoms with E-state index in [-0.39, 0.29) is 30.7 Å². The van der Waals surface area contributed by atoms with Gasteiger partial charge >= 0.3 is 0 Å². The van der Waals surface area contributed by atoms with Gasteiger partial charge in [-0.25, -0.2) is 0 Å². The van der Waals surface area contributed by atoms with E-state index >= 15 is 0 Å². The number of rotatable bonds is 5. The SMILES string of the molecule is O=C(NC1(C(=O)N2C[C@@H](O)[C@H]3OCC(=O)[C@H]32)CCCCC1)c1ccc(N2CCN(C3CC3)CC2)cc1. The number of nitrogens with zero attached hydrogens (tertiary/aromatic N) is 3. The van der Waals surface area contributed by atoms with Gasteiger partial charge in [0.15, 0.2) is 5.78 Å². The molecule has 1 aromatic carbocycles. The number of piperazine rings is 1. The van der Waals surface area contributed by atoms with Crippen molar-refractivity contribution in [2.24, 2.45) is 0 Å². The summed E-state index contributed by atoms with van der Waals surface area (Å²) in [6, 6.07) is 7.69.